The molecule has 1 aromatic carbocycles. The Morgan fingerprint density at radius 1 is 1.08 bits per heavy atom. The Hall–Kier alpha value is -1.04. The van der Waals surface area contributed by atoms with Crippen molar-refractivity contribution >= 4 is 0 Å². The van der Waals surface area contributed by atoms with E-state index in [9.17, 15) is 0 Å². The second-order valence-electron chi connectivity index (χ2n) is 3.30. The van der Waals surface area contributed by atoms with Gasteiger partial charge < -0.3 is 0 Å². The van der Waals surface area contributed by atoms with Gasteiger partial charge in [-0.25, -0.2) is 0 Å². The van der Waals surface area contributed by atoms with E-state index < -0.39 is 0 Å². The van der Waals surface area contributed by atoms with E-state index in [1.54, 1.807) is 0 Å². The quantitative estimate of drug-likeness (QED) is 0.468. The molecule has 0 nitrogen and oxygen atoms in total. The van der Waals surface area contributed by atoms with Crippen molar-refractivity contribution in [2.45, 2.75) is 32.6 Å². The number of allylic oxidation sites excluding steroid dienone is 2. The van der Waals surface area contributed by atoms with Crippen LogP contribution in [0.2, 0.25) is 0 Å². The minimum atomic E-state index is 1.07. The smallest absolute Gasteiger partial charge is 0.00975 e. The zero-order valence-electron chi connectivity index (χ0n) is 8.37. The summed E-state index contributed by atoms with van der Waals surface area (Å²) >= 11 is 0. The van der Waals surface area contributed by atoms with E-state index in [0.717, 1.165) is 6.42 Å². The largest absolute Gasteiger partial charge is 0.0882 e. The average molecular weight is 174 g/mol. The van der Waals surface area contributed by atoms with Crippen molar-refractivity contribution in [3.63, 3.8) is 0 Å². The standard InChI is InChI=1S/C13H18/c1-2-3-4-5-7-10-13-11-8-6-9-12-13/h5-9,11-12H,2-4,10H2,1H3/b7-5+. The van der Waals surface area contributed by atoms with Crippen LogP contribution in [0.15, 0.2) is 42.5 Å². The van der Waals surface area contributed by atoms with Gasteiger partial charge in [-0.3, -0.25) is 0 Å². The van der Waals surface area contributed by atoms with Crippen molar-refractivity contribution in [3.05, 3.63) is 48.0 Å². The highest BCUT2D eigenvalue weighted by Crippen LogP contribution is 2.01. The molecular formula is C13H18. The fourth-order valence-corrected chi connectivity index (χ4v) is 1.27. The van der Waals surface area contributed by atoms with E-state index in [0.29, 0.717) is 0 Å². The maximum atomic E-state index is 2.29. The van der Waals surface area contributed by atoms with Gasteiger partial charge in [0.1, 0.15) is 0 Å². The van der Waals surface area contributed by atoms with Crippen LogP contribution in [-0.2, 0) is 6.42 Å². The van der Waals surface area contributed by atoms with Crippen LogP contribution in [-0.4, -0.2) is 0 Å². The van der Waals surface area contributed by atoms with Gasteiger partial charge in [-0.1, -0.05) is 62.2 Å². The lowest BCUT2D eigenvalue weighted by molar-refractivity contribution is 0.813. The molecule has 0 aliphatic carbocycles. The van der Waals surface area contributed by atoms with Crippen LogP contribution < -0.4 is 0 Å². The molecule has 0 spiro atoms. The Labute approximate surface area is 81.3 Å². The fraction of sp³-hybridized carbons (Fsp3) is 0.385. The number of unbranched alkanes of at least 4 members (excludes halogenated alkanes) is 2. The number of rotatable bonds is 5. The summed E-state index contributed by atoms with van der Waals surface area (Å²) in [4.78, 5) is 0. The van der Waals surface area contributed by atoms with Gasteiger partial charge in [0.05, 0.1) is 0 Å². The maximum absolute atomic E-state index is 2.29. The van der Waals surface area contributed by atoms with Gasteiger partial charge in [0.2, 0.25) is 0 Å². The molecule has 0 atom stereocenters. The summed E-state index contributed by atoms with van der Waals surface area (Å²) < 4.78 is 0. The van der Waals surface area contributed by atoms with Gasteiger partial charge in [0.15, 0.2) is 0 Å². The Balaban J connectivity index is 2.23. The van der Waals surface area contributed by atoms with E-state index in [1.807, 2.05) is 0 Å². The minimum absolute atomic E-state index is 1.07. The molecule has 1 rings (SSSR count). The fourth-order valence-electron chi connectivity index (χ4n) is 1.27. The molecule has 0 radical (unpaired) electrons. The molecule has 70 valence electrons. The van der Waals surface area contributed by atoms with Gasteiger partial charge in [0, 0.05) is 0 Å². The third-order valence-electron chi connectivity index (χ3n) is 2.09. The van der Waals surface area contributed by atoms with E-state index in [1.165, 1.54) is 24.8 Å². The molecule has 0 aromatic heterocycles. The monoisotopic (exact) mass is 174 g/mol. The summed E-state index contributed by atoms with van der Waals surface area (Å²) in [5.74, 6) is 0. The van der Waals surface area contributed by atoms with Crippen LogP contribution in [0.25, 0.3) is 0 Å². The minimum Gasteiger partial charge on any atom is -0.0882 e. The number of hydrogen-bond acceptors (Lipinski definition) is 0. The van der Waals surface area contributed by atoms with Gasteiger partial charge in [-0.05, 0) is 18.4 Å². The van der Waals surface area contributed by atoms with Crippen molar-refractivity contribution in [2.75, 3.05) is 0 Å². The molecule has 0 amide bonds. The Morgan fingerprint density at radius 2 is 1.85 bits per heavy atom. The van der Waals surface area contributed by atoms with Crippen LogP contribution in [0.5, 0.6) is 0 Å². The molecule has 0 heterocycles. The van der Waals surface area contributed by atoms with E-state index >= 15 is 0 Å². The summed E-state index contributed by atoms with van der Waals surface area (Å²) in [6, 6.07) is 10.6. The molecule has 0 heteroatoms. The molecule has 0 saturated carbocycles. The zero-order chi connectivity index (χ0) is 9.36. The van der Waals surface area contributed by atoms with Crippen molar-refractivity contribution in [2.24, 2.45) is 0 Å². The lowest BCUT2D eigenvalue weighted by atomic mass is 10.1. The van der Waals surface area contributed by atoms with Crippen molar-refractivity contribution in [1.29, 1.82) is 0 Å². The van der Waals surface area contributed by atoms with E-state index in [4.69, 9.17) is 0 Å². The van der Waals surface area contributed by atoms with Crippen molar-refractivity contribution < 1.29 is 0 Å². The molecule has 0 aliphatic rings. The highest BCUT2D eigenvalue weighted by atomic mass is 13.9. The number of hydrogen-bond donors (Lipinski definition) is 0. The van der Waals surface area contributed by atoms with Gasteiger partial charge in [-0.15, -0.1) is 0 Å². The molecule has 1 aromatic rings. The average Bonchev–Trinajstić information content (AvgIpc) is 2.19. The SMILES string of the molecule is CCCC/C=C/Cc1ccccc1. The predicted octanol–water partition coefficient (Wildman–Crippen LogP) is 3.98. The molecular weight excluding hydrogens is 156 g/mol. The number of benzene rings is 1. The lowest BCUT2D eigenvalue weighted by Gasteiger charge is -1.94. The predicted molar refractivity (Wildman–Crippen MR) is 58.8 cm³/mol. The molecule has 0 fully saturated rings. The molecule has 13 heavy (non-hydrogen) atoms. The second-order valence-corrected chi connectivity index (χ2v) is 3.30. The van der Waals surface area contributed by atoms with Gasteiger partial charge >= 0.3 is 0 Å². The summed E-state index contributed by atoms with van der Waals surface area (Å²) in [5, 5.41) is 0. The van der Waals surface area contributed by atoms with Crippen LogP contribution in [0.1, 0.15) is 31.7 Å². The molecule has 0 unspecified atom stereocenters. The Kier molecular flexibility index (Phi) is 5.00. The lowest BCUT2D eigenvalue weighted by Crippen LogP contribution is -1.78. The highest BCUT2D eigenvalue weighted by molar-refractivity contribution is 5.17. The van der Waals surface area contributed by atoms with Crippen LogP contribution in [0.3, 0.4) is 0 Å². The Morgan fingerprint density at radius 3 is 2.54 bits per heavy atom. The first-order chi connectivity index (χ1) is 6.43. The molecule has 0 aliphatic heterocycles. The summed E-state index contributed by atoms with van der Waals surface area (Å²) in [6.45, 7) is 2.23. The molecule has 0 saturated heterocycles. The zero-order valence-corrected chi connectivity index (χ0v) is 8.37. The molecule has 0 N–H and O–H groups in total. The van der Waals surface area contributed by atoms with E-state index in [2.05, 4.69) is 49.4 Å². The van der Waals surface area contributed by atoms with Crippen LogP contribution in [0, 0.1) is 0 Å². The second kappa shape index (κ2) is 6.47. The first-order valence-corrected chi connectivity index (χ1v) is 5.12. The Bertz CT molecular complexity index is 233. The van der Waals surface area contributed by atoms with Crippen LogP contribution in [0.4, 0.5) is 0 Å². The summed E-state index contributed by atoms with van der Waals surface area (Å²) in [5.41, 5.74) is 1.40. The van der Waals surface area contributed by atoms with Gasteiger partial charge in [0.25, 0.3) is 0 Å². The normalized spacial score (nSPS) is 10.8. The van der Waals surface area contributed by atoms with Crippen molar-refractivity contribution in [3.8, 4) is 0 Å². The van der Waals surface area contributed by atoms with Crippen LogP contribution >= 0.6 is 0 Å². The molecule has 0 bridgehead atoms. The third-order valence-corrected chi connectivity index (χ3v) is 2.09. The third kappa shape index (κ3) is 4.51. The summed E-state index contributed by atoms with van der Waals surface area (Å²) in [6.07, 6.45) is 9.45. The highest BCUT2D eigenvalue weighted by Gasteiger charge is 1.85. The topological polar surface area (TPSA) is 0 Å². The maximum Gasteiger partial charge on any atom is -0.00975 e. The summed E-state index contributed by atoms with van der Waals surface area (Å²) in [7, 11) is 0. The van der Waals surface area contributed by atoms with Gasteiger partial charge in [-0.2, -0.15) is 0 Å². The van der Waals surface area contributed by atoms with E-state index in [-0.39, 0.29) is 0 Å². The first-order valence-electron chi connectivity index (χ1n) is 5.12. The first kappa shape index (κ1) is 10.0. The van der Waals surface area contributed by atoms with Crippen molar-refractivity contribution in [1.82, 2.24) is 0 Å².